The average Bonchev–Trinajstić information content (AvgIpc) is 2.99. The maximum absolute atomic E-state index is 12.3. The van der Waals surface area contributed by atoms with E-state index in [2.05, 4.69) is 5.32 Å². The number of carboxylic acids is 1. The van der Waals surface area contributed by atoms with Gasteiger partial charge in [-0.2, -0.15) is 0 Å². The third-order valence-electron chi connectivity index (χ3n) is 5.27. The Balaban J connectivity index is 1.46. The highest BCUT2D eigenvalue weighted by Crippen LogP contribution is 2.39. The molecule has 0 aromatic heterocycles. The predicted octanol–water partition coefficient (Wildman–Crippen LogP) is 1.90. The van der Waals surface area contributed by atoms with Crippen molar-refractivity contribution in [1.82, 2.24) is 10.2 Å². The first kappa shape index (κ1) is 17.7. The lowest BCUT2D eigenvalue weighted by Gasteiger charge is -2.32. The lowest BCUT2D eigenvalue weighted by Crippen LogP contribution is -2.48. The molecule has 0 bridgehead atoms. The van der Waals surface area contributed by atoms with E-state index in [1.807, 2.05) is 35.2 Å². The van der Waals surface area contributed by atoms with Crippen molar-refractivity contribution in [2.45, 2.75) is 44.2 Å². The van der Waals surface area contributed by atoms with Crippen molar-refractivity contribution in [2.24, 2.45) is 5.92 Å². The molecule has 1 amide bonds. The van der Waals surface area contributed by atoms with Crippen LogP contribution in [0.3, 0.4) is 0 Å². The average molecular weight is 346 g/mol. The van der Waals surface area contributed by atoms with Gasteiger partial charge in [-0.3, -0.25) is 14.5 Å². The van der Waals surface area contributed by atoms with Gasteiger partial charge in [-0.1, -0.05) is 31.0 Å². The minimum Gasteiger partial charge on any atom is -0.492 e. The third-order valence-corrected chi connectivity index (χ3v) is 5.27. The molecule has 6 nitrogen and oxygen atoms in total. The van der Waals surface area contributed by atoms with Crippen LogP contribution in [0, 0.1) is 5.92 Å². The highest BCUT2D eigenvalue weighted by molar-refractivity contribution is 5.80. The van der Waals surface area contributed by atoms with Crippen LogP contribution < -0.4 is 10.1 Å². The SMILES string of the molecule is O=C(CN1[C@H](C(=O)O)C[C@@H]2CCCC[C@@H]21)NCCOc1ccccc1. The van der Waals surface area contributed by atoms with Crippen LogP contribution in [0.4, 0.5) is 0 Å². The van der Waals surface area contributed by atoms with Gasteiger partial charge in [0.1, 0.15) is 18.4 Å². The van der Waals surface area contributed by atoms with Crippen LogP contribution in [0.2, 0.25) is 0 Å². The molecule has 0 spiro atoms. The number of ether oxygens (including phenoxy) is 1. The van der Waals surface area contributed by atoms with E-state index in [9.17, 15) is 14.7 Å². The van der Waals surface area contributed by atoms with Crippen LogP contribution in [0.25, 0.3) is 0 Å². The second-order valence-electron chi connectivity index (χ2n) is 6.89. The molecule has 1 saturated heterocycles. The zero-order valence-corrected chi connectivity index (χ0v) is 14.4. The largest absolute Gasteiger partial charge is 0.492 e. The van der Waals surface area contributed by atoms with Crippen molar-refractivity contribution >= 4 is 11.9 Å². The first-order chi connectivity index (χ1) is 12.1. The van der Waals surface area contributed by atoms with E-state index in [0.717, 1.165) is 25.0 Å². The van der Waals surface area contributed by atoms with E-state index in [1.54, 1.807) is 0 Å². The van der Waals surface area contributed by atoms with Gasteiger partial charge in [-0.15, -0.1) is 0 Å². The quantitative estimate of drug-likeness (QED) is 0.737. The monoisotopic (exact) mass is 346 g/mol. The fraction of sp³-hybridized carbons (Fsp3) is 0.579. The molecule has 1 heterocycles. The Bertz CT molecular complexity index is 592. The highest BCUT2D eigenvalue weighted by Gasteiger charge is 2.45. The number of likely N-dealkylation sites (tertiary alicyclic amines) is 1. The molecule has 3 rings (SSSR count). The maximum Gasteiger partial charge on any atom is 0.320 e. The van der Waals surface area contributed by atoms with E-state index in [0.29, 0.717) is 25.5 Å². The van der Waals surface area contributed by atoms with Crippen LogP contribution in [0.5, 0.6) is 5.75 Å². The van der Waals surface area contributed by atoms with Gasteiger partial charge in [-0.05, 0) is 37.3 Å². The fourth-order valence-corrected chi connectivity index (χ4v) is 4.12. The summed E-state index contributed by atoms with van der Waals surface area (Å²) in [5.74, 6) is 0.250. The predicted molar refractivity (Wildman–Crippen MR) is 93.4 cm³/mol. The molecule has 1 aromatic carbocycles. The summed E-state index contributed by atoms with van der Waals surface area (Å²) in [5.41, 5.74) is 0. The Kier molecular flexibility index (Phi) is 5.91. The molecule has 1 aliphatic heterocycles. The Hall–Kier alpha value is -2.08. The molecule has 25 heavy (non-hydrogen) atoms. The summed E-state index contributed by atoms with van der Waals surface area (Å²) in [7, 11) is 0. The molecule has 2 N–H and O–H groups in total. The van der Waals surface area contributed by atoms with Gasteiger partial charge in [0, 0.05) is 6.04 Å². The molecule has 2 aliphatic rings. The number of fused-ring (bicyclic) bond motifs is 1. The number of para-hydroxylation sites is 1. The van der Waals surface area contributed by atoms with Crippen LogP contribution >= 0.6 is 0 Å². The molecule has 6 heteroatoms. The molecule has 0 radical (unpaired) electrons. The zero-order valence-electron chi connectivity index (χ0n) is 14.4. The number of carboxylic acid groups (broad SMARTS) is 1. The molecular formula is C19H26N2O4. The number of nitrogens with one attached hydrogen (secondary N) is 1. The third kappa shape index (κ3) is 4.51. The van der Waals surface area contributed by atoms with E-state index in [4.69, 9.17) is 4.74 Å². The maximum atomic E-state index is 12.3. The van der Waals surface area contributed by atoms with Crippen LogP contribution in [0.15, 0.2) is 30.3 Å². The van der Waals surface area contributed by atoms with Crippen molar-refractivity contribution < 1.29 is 19.4 Å². The molecule has 3 atom stereocenters. The minimum atomic E-state index is -0.811. The van der Waals surface area contributed by atoms with Gasteiger partial charge >= 0.3 is 5.97 Å². The summed E-state index contributed by atoms with van der Waals surface area (Å²) < 4.78 is 5.55. The van der Waals surface area contributed by atoms with Crippen LogP contribution in [0.1, 0.15) is 32.1 Å². The Labute approximate surface area is 148 Å². The number of amides is 1. The lowest BCUT2D eigenvalue weighted by molar-refractivity contribution is -0.143. The Morgan fingerprint density at radius 3 is 2.72 bits per heavy atom. The lowest BCUT2D eigenvalue weighted by atomic mass is 9.85. The first-order valence-corrected chi connectivity index (χ1v) is 9.08. The number of rotatable bonds is 7. The number of hydrogen-bond acceptors (Lipinski definition) is 4. The first-order valence-electron chi connectivity index (χ1n) is 9.08. The second-order valence-corrected chi connectivity index (χ2v) is 6.89. The summed E-state index contributed by atoms with van der Waals surface area (Å²) in [6.45, 7) is 0.959. The smallest absolute Gasteiger partial charge is 0.320 e. The van der Waals surface area contributed by atoms with Gasteiger partial charge in [0.2, 0.25) is 5.91 Å². The topological polar surface area (TPSA) is 78.9 Å². The molecule has 1 aromatic rings. The van der Waals surface area contributed by atoms with Crippen molar-refractivity contribution in [3.63, 3.8) is 0 Å². The van der Waals surface area contributed by atoms with Gasteiger partial charge in [-0.25, -0.2) is 0 Å². The van der Waals surface area contributed by atoms with E-state index in [-0.39, 0.29) is 18.5 Å². The van der Waals surface area contributed by atoms with Gasteiger partial charge in [0.25, 0.3) is 0 Å². The van der Waals surface area contributed by atoms with Gasteiger partial charge in [0.05, 0.1) is 13.1 Å². The van der Waals surface area contributed by atoms with Crippen LogP contribution in [-0.2, 0) is 9.59 Å². The summed E-state index contributed by atoms with van der Waals surface area (Å²) in [4.78, 5) is 25.7. The Morgan fingerprint density at radius 2 is 1.96 bits per heavy atom. The summed E-state index contributed by atoms with van der Waals surface area (Å²) in [6.07, 6.45) is 5.04. The number of benzene rings is 1. The fourth-order valence-electron chi connectivity index (χ4n) is 4.12. The van der Waals surface area contributed by atoms with Crippen molar-refractivity contribution in [3.05, 3.63) is 30.3 Å². The zero-order chi connectivity index (χ0) is 17.6. The number of nitrogens with zero attached hydrogens (tertiary/aromatic N) is 1. The number of carbonyl (C=O) groups excluding carboxylic acids is 1. The highest BCUT2D eigenvalue weighted by atomic mass is 16.5. The summed E-state index contributed by atoms with van der Waals surface area (Å²) in [6, 6.07) is 9.16. The van der Waals surface area contributed by atoms with E-state index in [1.165, 1.54) is 6.42 Å². The number of aliphatic carboxylic acids is 1. The number of hydrogen-bond donors (Lipinski definition) is 2. The second kappa shape index (κ2) is 8.34. The molecule has 1 aliphatic carbocycles. The summed E-state index contributed by atoms with van der Waals surface area (Å²) in [5, 5.41) is 12.3. The molecular weight excluding hydrogens is 320 g/mol. The van der Waals surface area contributed by atoms with Crippen LogP contribution in [-0.4, -0.2) is 53.7 Å². The van der Waals surface area contributed by atoms with E-state index < -0.39 is 12.0 Å². The molecule has 136 valence electrons. The van der Waals surface area contributed by atoms with E-state index >= 15 is 0 Å². The molecule has 2 fully saturated rings. The van der Waals surface area contributed by atoms with Crippen molar-refractivity contribution in [1.29, 1.82) is 0 Å². The summed E-state index contributed by atoms with van der Waals surface area (Å²) >= 11 is 0. The van der Waals surface area contributed by atoms with Gasteiger partial charge in [0.15, 0.2) is 0 Å². The molecule has 1 saturated carbocycles. The normalized spacial score (nSPS) is 26.0. The van der Waals surface area contributed by atoms with Gasteiger partial charge < -0.3 is 15.2 Å². The molecule has 0 unspecified atom stereocenters. The number of carbonyl (C=O) groups is 2. The Morgan fingerprint density at radius 1 is 1.20 bits per heavy atom. The standard InChI is InChI=1S/C19H26N2O4/c22-18(20-10-11-25-15-7-2-1-3-8-15)13-21-16-9-5-4-6-14(16)12-17(21)19(23)24/h1-3,7-8,14,16-17H,4-6,9-13H2,(H,20,22)(H,23,24)/t14-,16-,17-/m0/s1. The van der Waals surface area contributed by atoms with Crippen molar-refractivity contribution in [2.75, 3.05) is 19.7 Å². The minimum absolute atomic E-state index is 0.130. The van der Waals surface area contributed by atoms with Crippen molar-refractivity contribution in [3.8, 4) is 5.75 Å².